The van der Waals surface area contributed by atoms with Gasteiger partial charge in [0.15, 0.2) is 18.9 Å². The first-order valence-corrected chi connectivity index (χ1v) is 7.81. The molecule has 1 nitrogen and oxygen atoms in total. The second kappa shape index (κ2) is 7.90. The van der Waals surface area contributed by atoms with Crippen LogP contribution in [0.4, 0.5) is 65.9 Å². The summed E-state index contributed by atoms with van der Waals surface area (Å²) in [6.45, 7) is -0.853. The van der Waals surface area contributed by atoms with Crippen molar-refractivity contribution in [2.24, 2.45) is 0 Å². The molecule has 0 aliphatic carbocycles. The van der Waals surface area contributed by atoms with Crippen molar-refractivity contribution in [2.45, 2.75) is 61.1 Å². The summed E-state index contributed by atoms with van der Waals surface area (Å²) in [5.74, 6) is -43.6. The summed E-state index contributed by atoms with van der Waals surface area (Å²) in [5.41, 5.74) is 0. The van der Waals surface area contributed by atoms with E-state index in [9.17, 15) is 65.9 Å². The standard InChI is InChI=1S/C15H11F15N/c16-9(17,4-7-31-5-2-1-3-6-31)8-10(18,19)11(20,21)12(22,23)13(24,25)14(26,27)15(28,29)30/h1-3,5-6H,4,7-8H2/q+1. The third-order valence-electron chi connectivity index (χ3n) is 3.99. The molecule has 0 radical (unpaired) electrons. The number of nitrogens with zero attached hydrogens (tertiary/aromatic N) is 1. The molecule has 1 rings (SSSR count). The van der Waals surface area contributed by atoms with E-state index in [0.717, 1.165) is 17.0 Å². The predicted molar refractivity (Wildman–Crippen MR) is 71.6 cm³/mol. The molecule has 0 amide bonds. The Morgan fingerprint density at radius 2 is 0.935 bits per heavy atom. The highest BCUT2D eigenvalue weighted by molar-refractivity contribution is 5.10. The molecular formula is C15H11F15N+. The third kappa shape index (κ3) is 4.81. The topological polar surface area (TPSA) is 3.88 Å². The Morgan fingerprint density at radius 1 is 0.516 bits per heavy atom. The van der Waals surface area contributed by atoms with Gasteiger partial charge in [-0.25, -0.2) is 13.3 Å². The largest absolute Gasteiger partial charge is 0.460 e. The van der Waals surface area contributed by atoms with Gasteiger partial charge in [-0.3, -0.25) is 0 Å². The fourth-order valence-corrected chi connectivity index (χ4v) is 2.20. The lowest BCUT2D eigenvalue weighted by Gasteiger charge is -2.40. The van der Waals surface area contributed by atoms with Crippen molar-refractivity contribution in [3.8, 4) is 0 Å². The quantitative estimate of drug-likeness (QED) is 0.290. The highest BCUT2D eigenvalue weighted by Crippen LogP contribution is 2.61. The molecule has 16 heteroatoms. The molecule has 1 aromatic heterocycles. The van der Waals surface area contributed by atoms with Gasteiger partial charge in [0.1, 0.15) is 0 Å². The van der Waals surface area contributed by atoms with Crippen molar-refractivity contribution in [3.63, 3.8) is 0 Å². The number of hydrogen-bond donors (Lipinski definition) is 0. The average molecular weight is 490 g/mol. The molecule has 0 saturated heterocycles. The van der Waals surface area contributed by atoms with Crippen molar-refractivity contribution in [3.05, 3.63) is 30.6 Å². The lowest BCUT2D eigenvalue weighted by Crippen LogP contribution is -2.70. The van der Waals surface area contributed by atoms with E-state index < -0.39 is 61.1 Å². The number of alkyl halides is 15. The van der Waals surface area contributed by atoms with Gasteiger partial charge in [-0.15, -0.1) is 0 Å². The molecule has 0 atom stereocenters. The van der Waals surface area contributed by atoms with Crippen LogP contribution in [0, 0.1) is 0 Å². The van der Waals surface area contributed by atoms with Crippen LogP contribution in [0.15, 0.2) is 30.6 Å². The zero-order chi connectivity index (χ0) is 24.7. The van der Waals surface area contributed by atoms with Crippen LogP contribution in [0.1, 0.15) is 12.8 Å². The van der Waals surface area contributed by atoms with Gasteiger partial charge in [-0.1, -0.05) is 6.07 Å². The maximum atomic E-state index is 13.7. The first-order valence-electron chi connectivity index (χ1n) is 7.81. The molecule has 31 heavy (non-hydrogen) atoms. The molecule has 0 bridgehead atoms. The summed E-state index contributed by atoms with van der Waals surface area (Å²) in [6.07, 6.45) is -10.6. The van der Waals surface area contributed by atoms with Crippen LogP contribution >= 0.6 is 0 Å². The Bertz CT molecular complexity index is 739. The fraction of sp³-hybridized carbons (Fsp3) is 0.667. The Morgan fingerprint density at radius 3 is 1.35 bits per heavy atom. The minimum Gasteiger partial charge on any atom is -0.206 e. The van der Waals surface area contributed by atoms with E-state index >= 15 is 0 Å². The monoisotopic (exact) mass is 490 g/mol. The second-order valence-corrected chi connectivity index (χ2v) is 6.40. The third-order valence-corrected chi connectivity index (χ3v) is 3.99. The number of aryl methyl sites for hydroxylation is 1. The summed E-state index contributed by atoms with van der Waals surface area (Å²) in [5, 5.41) is 0. The summed E-state index contributed by atoms with van der Waals surface area (Å²) in [6, 6.07) is 3.93. The minimum absolute atomic E-state index is 0.853. The molecule has 0 N–H and O–H groups in total. The molecule has 0 fully saturated rings. The smallest absolute Gasteiger partial charge is 0.206 e. The van der Waals surface area contributed by atoms with E-state index in [0.29, 0.717) is 0 Å². The van der Waals surface area contributed by atoms with Crippen LogP contribution in [0.2, 0.25) is 0 Å². The summed E-state index contributed by atoms with van der Waals surface area (Å²) in [4.78, 5) is 0. The van der Waals surface area contributed by atoms with Gasteiger partial charge in [0.25, 0.3) is 5.92 Å². The van der Waals surface area contributed by atoms with Gasteiger partial charge in [0, 0.05) is 12.1 Å². The lowest BCUT2D eigenvalue weighted by molar-refractivity contribution is -0.699. The predicted octanol–water partition coefficient (Wildman–Crippen LogP) is 6.13. The van der Waals surface area contributed by atoms with E-state index in [-0.39, 0.29) is 0 Å². The maximum absolute atomic E-state index is 13.7. The van der Waals surface area contributed by atoms with E-state index in [1.807, 2.05) is 0 Å². The van der Waals surface area contributed by atoms with E-state index in [1.165, 1.54) is 18.2 Å². The Labute approximate surface area is 163 Å². The Kier molecular flexibility index (Phi) is 6.92. The van der Waals surface area contributed by atoms with Gasteiger partial charge in [0.05, 0.1) is 12.8 Å². The number of halogens is 15. The summed E-state index contributed by atoms with van der Waals surface area (Å²) >= 11 is 0. The number of aromatic nitrogens is 1. The number of rotatable bonds is 9. The van der Waals surface area contributed by atoms with Gasteiger partial charge in [-0.2, -0.15) is 57.1 Å². The van der Waals surface area contributed by atoms with Crippen LogP contribution in [0.5, 0.6) is 0 Å². The van der Waals surface area contributed by atoms with Crippen molar-refractivity contribution in [1.29, 1.82) is 0 Å². The van der Waals surface area contributed by atoms with Crippen LogP contribution < -0.4 is 4.57 Å². The zero-order valence-corrected chi connectivity index (χ0v) is 14.6. The highest BCUT2D eigenvalue weighted by atomic mass is 19.4. The molecule has 0 saturated carbocycles. The molecular weight excluding hydrogens is 479 g/mol. The Hall–Kier alpha value is -1.90. The average Bonchev–Trinajstić information content (AvgIpc) is 2.58. The van der Waals surface area contributed by atoms with Crippen LogP contribution in [-0.4, -0.2) is 41.7 Å². The minimum atomic E-state index is -8.11. The lowest BCUT2D eigenvalue weighted by atomic mass is 9.90. The van der Waals surface area contributed by atoms with Crippen molar-refractivity contribution >= 4 is 0 Å². The molecule has 0 unspecified atom stereocenters. The van der Waals surface area contributed by atoms with Crippen molar-refractivity contribution in [2.75, 3.05) is 0 Å². The molecule has 0 spiro atoms. The molecule has 1 heterocycles. The summed E-state index contributed by atoms with van der Waals surface area (Å²) < 4.78 is 196. The molecule has 1 aromatic rings. The van der Waals surface area contributed by atoms with Gasteiger partial charge in [0.2, 0.25) is 0 Å². The molecule has 0 aliphatic rings. The van der Waals surface area contributed by atoms with E-state index in [4.69, 9.17) is 0 Å². The van der Waals surface area contributed by atoms with Crippen molar-refractivity contribution in [1.82, 2.24) is 0 Å². The molecule has 180 valence electrons. The van der Waals surface area contributed by atoms with E-state index in [1.54, 1.807) is 0 Å². The van der Waals surface area contributed by atoms with Crippen molar-refractivity contribution < 1.29 is 70.4 Å². The second-order valence-electron chi connectivity index (χ2n) is 6.40. The van der Waals surface area contributed by atoms with E-state index in [2.05, 4.69) is 0 Å². The van der Waals surface area contributed by atoms with Crippen LogP contribution in [0.3, 0.4) is 0 Å². The highest BCUT2D eigenvalue weighted by Gasteiger charge is 2.90. The fourth-order valence-electron chi connectivity index (χ4n) is 2.20. The maximum Gasteiger partial charge on any atom is 0.460 e. The number of pyridine rings is 1. The normalized spacial score (nSPS) is 15.3. The van der Waals surface area contributed by atoms with Crippen LogP contribution in [-0.2, 0) is 6.54 Å². The van der Waals surface area contributed by atoms with Gasteiger partial charge in [-0.05, 0) is 0 Å². The first-order chi connectivity index (χ1) is 13.5. The SMILES string of the molecule is FC(F)(CC[n+]1ccccc1)CC(F)(F)C(F)(F)C(F)(F)C(F)(F)C(F)(F)C(F)(F)F. The Balaban J connectivity index is 3.20. The first kappa shape index (κ1) is 27.1. The van der Waals surface area contributed by atoms with Gasteiger partial charge >= 0.3 is 35.8 Å². The zero-order valence-electron chi connectivity index (χ0n) is 14.6. The molecule has 0 aromatic carbocycles. The van der Waals surface area contributed by atoms with Gasteiger partial charge < -0.3 is 0 Å². The van der Waals surface area contributed by atoms with Crippen LogP contribution in [0.25, 0.3) is 0 Å². The summed E-state index contributed by atoms with van der Waals surface area (Å²) in [7, 11) is 0. The molecule has 0 aliphatic heterocycles. The number of hydrogen-bond acceptors (Lipinski definition) is 0.